The molecule has 0 aliphatic heterocycles. The first-order chi connectivity index (χ1) is 11.6. The molecule has 3 rings (SSSR count). The third kappa shape index (κ3) is 4.61. The van der Waals surface area contributed by atoms with Crippen LogP contribution in [0.3, 0.4) is 0 Å². The van der Waals surface area contributed by atoms with Crippen molar-refractivity contribution < 1.29 is 8.42 Å². The van der Waals surface area contributed by atoms with Crippen molar-refractivity contribution in [2.75, 3.05) is 0 Å². The zero-order valence-electron chi connectivity index (χ0n) is 12.8. The number of aromatic nitrogens is 1. The number of rotatable bonds is 6. The van der Waals surface area contributed by atoms with E-state index in [2.05, 4.69) is 9.71 Å². The highest BCUT2D eigenvalue weighted by molar-refractivity contribution is 7.92. The molecule has 1 N–H and O–H groups in total. The Morgan fingerprint density at radius 3 is 2.71 bits per heavy atom. The van der Waals surface area contributed by atoms with Gasteiger partial charge >= 0.3 is 0 Å². The molecule has 0 fully saturated rings. The van der Waals surface area contributed by atoms with Crippen LogP contribution in [0.15, 0.2) is 70.9 Å². The summed E-state index contributed by atoms with van der Waals surface area (Å²) in [6.45, 7) is 0.223. The number of pyridine rings is 1. The Labute approximate surface area is 145 Å². The first-order valence-electron chi connectivity index (χ1n) is 7.33. The van der Waals surface area contributed by atoms with E-state index in [1.807, 2.05) is 53.2 Å². The van der Waals surface area contributed by atoms with E-state index in [9.17, 15) is 8.42 Å². The number of nitrogens with zero attached hydrogens (tertiary/aromatic N) is 1. The summed E-state index contributed by atoms with van der Waals surface area (Å²) in [6, 6.07) is 15.0. The van der Waals surface area contributed by atoms with Crippen LogP contribution in [0.4, 0.5) is 0 Å². The molecule has 4 nitrogen and oxygen atoms in total. The standard InChI is InChI=1S/C18H16N2O2S2/c21-24(22,11-8-15-4-2-1-3-5-15)20-13-16-6-9-19-18(12-16)17-7-10-23-14-17/h1-12,14,20H,13H2/b11-8+. The van der Waals surface area contributed by atoms with Gasteiger partial charge in [0.1, 0.15) is 0 Å². The quantitative estimate of drug-likeness (QED) is 0.729. The van der Waals surface area contributed by atoms with Crippen LogP contribution in [0.25, 0.3) is 17.3 Å². The second-order valence-corrected chi connectivity index (χ2v) is 7.57. The summed E-state index contributed by atoms with van der Waals surface area (Å²) < 4.78 is 26.7. The van der Waals surface area contributed by atoms with Crippen molar-refractivity contribution in [2.24, 2.45) is 0 Å². The maximum absolute atomic E-state index is 12.1. The van der Waals surface area contributed by atoms with Gasteiger partial charge in [0.2, 0.25) is 10.0 Å². The van der Waals surface area contributed by atoms with Crippen LogP contribution in [0, 0.1) is 0 Å². The van der Waals surface area contributed by atoms with Crippen molar-refractivity contribution in [3.8, 4) is 11.3 Å². The van der Waals surface area contributed by atoms with Gasteiger partial charge in [-0.1, -0.05) is 30.3 Å². The molecule has 0 radical (unpaired) electrons. The van der Waals surface area contributed by atoms with Gasteiger partial charge in [0.25, 0.3) is 0 Å². The molecule has 0 saturated heterocycles. The minimum atomic E-state index is -3.49. The van der Waals surface area contributed by atoms with Crippen molar-refractivity contribution in [3.05, 3.63) is 82.0 Å². The van der Waals surface area contributed by atoms with E-state index in [1.54, 1.807) is 29.7 Å². The molecule has 6 heteroatoms. The Kier molecular flexibility index (Phi) is 5.20. The number of hydrogen-bond donors (Lipinski definition) is 1. The van der Waals surface area contributed by atoms with E-state index >= 15 is 0 Å². The molecule has 0 spiro atoms. The zero-order chi connectivity index (χ0) is 16.8. The maximum Gasteiger partial charge on any atom is 0.234 e. The van der Waals surface area contributed by atoms with Crippen LogP contribution >= 0.6 is 11.3 Å². The van der Waals surface area contributed by atoms with E-state index in [0.717, 1.165) is 22.4 Å². The van der Waals surface area contributed by atoms with Crippen LogP contribution in [0.2, 0.25) is 0 Å². The van der Waals surface area contributed by atoms with Crippen LogP contribution in [-0.2, 0) is 16.6 Å². The maximum atomic E-state index is 12.1. The molecule has 2 heterocycles. The minimum absolute atomic E-state index is 0.223. The molecule has 0 bridgehead atoms. The molecule has 122 valence electrons. The highest BCUT2D eigenvalue weighted by atomic mass is 32.2. The molecular formula is C18H16N2O2S2. The molecule has 1 aromatic carbocycles. The SMILES string of the molecule is O=S(=O)(/C=C/c1ccccc1)NCc1ccnc(-c2ccsc2)c1. The lowest BCUT2D eigenvalue weighted by Crippen LogP contribution is -2.20. The second kappa shape index (κ2) is 7.53. The van der Waals surface area contributed by atoms with Crippen LogP contribution in [-0.4, -0.2) is 13.4 Å². The summed E-state index contributed by atoms with van der Waals surface area (Å²) in [7, 11) is -3.49. The van der Waals surface area contributed by atoms with Gasteiger partial charge in [-0.25, -0.2) is 13.1 Å². The van der Waals surface area contributed by atoms with Crippen molar-refractivity contribution in [2.45, 2.75) is 6.54 Å². The fourth-order valence-electron chi connectivity index (χ4n) is 2.12. The number of thiophene rings is 1. The highest BCUT2D eigenvalue weighted by Crippen LogP contribution is 2.20. The van der Waals surface area contributed by atoms with Gasteiger partial charge in [0.15, 0.2) is 0 Å². The van der Waals surface area contributed by atoms with Gasteiger partial charge in [-0.3, -0.25) is 4.98 Å². The molecular weight excluding hydrogens is 340 g/mol. The lowest BCUT2D eigenvalue weighted by molar-refractivity contribution is 0.591. The molecule has 0 amide bonds. The number of benzene rings is 1. The van der Waals surface area contributed by atoms with Crippen molar-refractivity contribution in [1.29, 1.82) is 0 Å². The first kappa shape index (κ1) is 16.6. The lowest BCUT2D eigenvalue weighted by atomic mass is 10.1. The van der Waals surface area contributed by atoms with Crippen molar-refractivity contribution in [3.63, 3.8) is 0 Å². The van der Waals surface area contributed by atoms with Crippen LogP contribution in [0.5, 0.6) is 0 Å². The Bertz CT molecular complexity index is 919. The average Bonchev–Trinajstić information content (AvgIpc) is 3.14. The summed E-state index contributed by atoms with van der Waals surface area (Å²) in [4.78, 5) is 4.32. The fourth-order valence-corrected chi connectivity index (χ4v) is 3.57. The normalized spacial score (nSPS) is 11.8. The molecule has 0 aliphatic carbocycles. The number of nitrogens with one attached hydrogen (secondary N) is 1. The van der Waals surface area contributed by atoms with Crippen LogP contribution < -0.4 is 4.72 Å². The summed E-state index contributed by atoms with van der Waals surface area (Å²) >= 11 is 1.60. The smallest absolute Gasteiger partial charge is 0.234 e. The molecule has 24 heavy (non-hydrogen) atoms. The largest absolute Gasteiger partial charge is 0.256 e. The van der Waals surface area contributed by atoms with Crippen molar-refractivity contribution >= 4 is 27.4 Å². The predicted molar refractivity (Wildman–Crippen MR) is 98.8 cm³/mol. The van der Waals surface area contributed by atoms with Gasteiger partial charge in [-0.05, 0) is 40.8 Å². The summed E-state index contributed by atoms with van der Waals surface area (Å²) in [6.07, 6.45) is 3.27. The Morgan fingerprint density at radius 2 is 1.96 bits per heavy atom. The third-order valence-electron chi connectivity index (χ3n) is 3.36. The monoisotopic (exact) mass is 356 g/mol. The lowest BCUT2D eigenvalue weighted by Gasteiger charge is -2.05. The Balaban J connectivity index is 1.67. The van der Waals surface area contributed by atoms with Gasteiger partial charge in [-0.2, -0.15) is 11.3 Å². The van der Waals surface area contributed by atoms with E-state index in [-0.39, 0.29) is 6.54 Å². The zero-order valence-corrected chi connectivity index (χ0v) is 14.4. The summed E-state index contributed by atoms with van der Waals surface area (Å²) in [5.41, 5.74) is 3.58. The van der Waals surface area contributed by atoms with E-state index in [4.69, 9.17) is 0 Å². The molecule has 3 aromatic rings. The Morgan fingerprint density at radius 1 is 1.12 bits per heavy atom. The van der Waals surface area contributed by atoms with Gasteiger partial charge < -0.3 is 0 Å². The highest BCUT2D eigenvalue weighted by Gasteiger charge is 2.06. The molecule has 0 unspecified atom stereocenters. The van der Waals surface area contributed by atoms with E-state index in [0.29, 0.717) is 0 Å². The van der Waals surface area contributed by atoms with Gasteiger partial charge in [0.05, 0.1) is 5.69 Å². The van der Waals surface area contributed by atoms with E-state index in [1.165, 1.54) is 5.41 Å². The molecule has 2 aromatic heterocycles. The second-order valence-electron chi connectivity index (χ2n) is 5.14. The Hall–Kier alpha value is -2.28. The molecule has 0 saturated carbocycles. The minimum Gasteiger partial charge on any atom is -0.256 e. The molecule has 0 aliphatic rings. The fraction of sp³-hybridized carbons (Fsp3) is 0.0556. The van der Waals surface area contributed by atoms with Gasteiger partial charge in [0, 0.05) is 29.1 Å². The summed E-state index contributed by atoms with van der Waals surface area (Å²) in [5, 5.41) is 5.18. The average molecular weight is 356 g/mol. The predicted octanol–water partition coefficient (Wildman–Crippen LogP) is 3.90. The molecule has 0 atom stereocenters. The summed E-state index contributed by atoms with van der Waals surface area (Å²) in [5.74, 6) is 0. The third-order valence-corrected chi connectivity index (χ3v) is 5.08. The topological polar surface area (TPSA) is 59.1 Å². The van der Waals surface area contributed by atoms with Gasteiger partial charge in [-0.15, -0.1) is 0 Å². The number of hydrogen-bond acceptors (Lipinski definition) is 4. The number of sulfonamides is 1. The van der Waals surface area contributed by atoms with Crippen LogP contribution in [0.1, 0.15) is 11.1 Å². The van der Waals surface area contributed by atoms with Crippen molar-refractivity contribution in [1.82, 2.24) is 9.71 Å². The van der Waals surface area contributed by atoms with E-state index < -0.39 is 10.0 Å². The first-order valence-corrected chi connectivity index (χ1v) is 9.82.